The van der Waals surface area contributed by atoms with Gasteiger partial charge < -0.3 is 4.74 Å². The van der Waals surface area contributed by atoms with E-state index in [1.165, 1.54) is 38.5 Å². The van der Waals surface area contributed by atoms with Crippen molar-refractivity contribution in [2.45, 2.75) is 90.8 Å². The maximum Gasteiger partial charge on any atom is 0.0840 e. The van der Waals surface area contributed by atoms with Crippen LogP contribution < -0.4 is 0 Å². The molecular formula is C20H34O. The van der Waals surface area contributed by atoms with Gasteiger partial charge in [0.2, 0.25) is 0 Å². The van der Waals surface area contributed by atoms with Crippen LogP contribution in [0, 0.1) is 22.7 Å². The Morgan fingerprint density at radius 2 is 1.71 bits per heavy atom. The van der Waals surface area contributed by atoms with E-state index in [1.807, 2.05) is 0 Å². The average Bonchev–Trinajstić information content (AvgIpc) is 2.76. The van der Waals surface area contributed by atoms with E-state index in [0.29, 0.717) is 16.7 Å². The first-order chi connectivity index (χ1) is 9.69. The average molecular weight is 290 g/mol. The van der Waals surface area contributed by atoms with Gasteiger partial charge in [-0.3, -0.25) is 0 Å². The molecule has 3 rings (SSSR count). The smallest absolute Gasteiger partial charge is 0.0840 e. The monoisotopic (exact) mass is 290 g/mol. The summed E-state index contributed by atoms with van der Waals surface area (Å²) in [4.78, 5) is 0. The highest BCUT2D eigenvalue weighted by Crippen LogP contribution is 2.67. The molecule has 1 aliphatic heterocycles. The van der Waals surface area contributed by atoms with Crippen molar-refractivity contribution < 1.29 is 4.74 Å². The van der Waals surface area contributed by atoms with E-state index < -0.39 is 0 Å². The quantitative estimate of drug-likeness (QED) is 0.559. The van der Waals surface area contributed by atoms with Crippen molar-refractivity contribution in [1.82, 2.24) is 0 Å². The lowest BCUT2D eigenvalue weighted by atomic mass is 9.44. The molecule has 1 heteroatoms. The maximum atomic E-state index is 6.89. The molecule has 0 amide bonds. The van der Waals surface area contributed by atoms with Crippen LogP contribution in [0.5, 0.6) is 0 Å². The van der Waals surface area contributed by atoms with E-state index in [0.717, 1.165) is 12.3 Å². The lowest BCUT2D eigenvalue weighted by molar-refractivity contribution is -0.236. The molecule has 3 fully saturated rings. The van der Waals surface area contributed by atoms with Crippen LogP contribution in [-0.2, 0) is 4.74 Å². The molecule has 120 valence electrons. The Bertz CT molecular complexity index is 439. The molecule has 0 unspecified atom stereocenters. The number of fused-ring (bicyclic) bond motifs is 2. The van der Waals surface area contributed by atoms with Crippen molar-refractivity contribution in [3.05, 3.63) is 12.7 Å². The summed E-state index contributed by atoms with van der Waals surface area (Å²) in [5.41, 5.74) is 0.779. The van der Waals surface area contributed by atoms with E-state index in [1.54, 1.807) is 0 Å². The summed E-state index contributed by atoms with van der Waals surface area (Å²) in [7, 11) is 0. The second kappa shape index (κ2) is 4.60. The summed E-state index contributed by atoms with van der Waals surface area (Å²) in [6.45, 7) is 16.3. The molecule has 21 heavy (non-hydrogen) atoms. The van der Waals surface area contributed by atoms with Crippen molar-refractivity contribution in [2.75, 3.05) is 0 Å². The van der Waals surface area contributed by atoms with Gasteiger partial charge in [-0.15, -0.1) is 6.58 Å². The van der Waals surface area contributed by atoms with Crippen LogP contribution in [0.1, 0.15) is 79.6 Å². The van der Waals surface area contributed by atoms with Crippen LogP contribution in [0.3, 0.4) is 0 Å². The minimum atomic E-state index is -0.110. The minimum absolute atomic E-state index is 0.0799. The zero-order valence-corrected chi connectivity index (χ0v) is 14.8. The summed E-state index contributed by atoms with van der Waals surface area (Å²) in [5.74, 6) is 1.48. The Labute approximate surface area is 131 Å². The molecule has 3 aliphatic rings. The number of hydrogen-bond acceptors (Lipinski definition) is 1. The van der Waals surface area contributed by atoms with Crippen molar-refractivity contribution in [1.29, 1.82) is 0 Å². The minimum Gasteiger partial charge on any atom is -0.364 e. The fourth-order valence-corrected chi connectivity index (χ4v) is 6.40. The molecule has 1 nitrogen and oxygen atoms in total. The normalized spacial score (nSPS) is 52.6. The molecule has 2 aliphatic carbocycles. The third-order valence-corrected chi connectivity index (χ3v) is 7.72. The van der Waals surface area contributed by atoms with Crippen molar-refractivity contribution in [3.8, 4) is 0 Å². The molecule has 0 bridgehead atoms. The van der Waals surface area contributed by atoms with Gasteiger partial charge in [-0.25, -0.2) is 0 Å². The fraction of sp³-hybridized carbons (Fsp3) is 0.900. The molecule has 5 atom stereocenters. The lowest BCUT2D eigenvalue weighted by Gasteiger charge is -2.63. The molecule has 2 saturated carbocycles. The molecule has 0 aromatic carbocycles. The molecule has 0 aromatic heterocycles. The summed E-state index contributed by atoms with van der Waals surface area (Å²) < 4.78 is 6.89. The highest BCUT2D eigenvalue weighted by atomic mass is 16.5. The summed E-state index contributed by atoms with van der Waals surface area (Å²) >= 11 is 0. The van der Waals surface area contributed by atoms with Crippen LogP contribution in [0.2, 0.25) is 0 Å². The molecule has 1 saturated heterocycles. The van der Waals surface area contributed by atoms with Gasteiger partial charge in [0.25, 0.3) is 0 Å². The van der Waals surface area contributed by atoms with Gasteiger partial charge in [0.15, 0.2) is 0 Å². The van der Waals surface area contributed by atoms with Gasteiger partial charge in [0, 0.05) is 5.41 Å². The number of hydrogen-bond donors (Lipinski definition) is 0. The van der Waals surface area contributed by atoms with Gasteiger partial charge in [-0.1, -0.05) is 40.2 Å². The summed E-state index contributed by atoms with van der Waals surface area (Å²) in [6.07, 6.45) is 11.2. The maximum absolute atomic E-state index is 6.89. The molecule has 1 heterocycles. The zero-order valence-electron chi connectivity index (χ0n) is 14.8. The summed E-state index contributed by atoms with van der Waals surface area (Å²) in [6, 6.07) is 0. The molecule has 0 N–H and O–H groups in total. The Morgan fingerprint density at radius 3 is 2.33 bits per heavy atom. The van der Waals surface area contributed by atoms with Crippen molar-refractivity contribution in [2.24, 2.45) is 22.7 Å². The Kier molecular flexibility index (Phi) is 3.41. The first-order valence-electron chi connectivity index (χ1n) is 9.03. The second-order valence-corrected chi connectivity index (χ2v) is 9.30. The first kappa shape index (κ1) is 15.6. The van der Waals surface area contributed by atoms with E-state index >= 15 is 0 Å². The molecule has 0 aromatic rings. The van der Waals surface area contributed by atoms with E-state index in [2.05, 4.69) is 47.3 Å². The van der Waals surface area contributed by atoms with Crippen LogP contribution >= 0.6 is 0 Å². The molecule has 1 spiro atoms. The van der Waals surface area contributed by atoms with Crippen LogP contribution in [-0.4, -0.2) is 11.2 Å². The predicted octanol–water partition coefficient (Wildman–Crippen LogP) is 5.74. The second-order valence-electron chi connectivity index (χ2n) is 9.30. The van der Waals surface area contributed by atoms with Crippen LogP contribution in [0.4, 0.5) is 0 Å². The Morgan fingerprint density at radius 1 is 1.00 bits per heavy atom. The topological polar surface area (TPSA) is 9.23 Å². The van der Waals surface area contributed by atoms with Gasteiger partial charge in [-0.05, 0) is 62.7 Å². The highest BCUT2D eigenvalue weighted by molar-refractivity contribution is 5.17. The van der Waals surface area contributed by atoms with Crippen molar-refractivity contribution in [3.63, 3.8) is 0 Å². The standard InChI is InChI=1S/C20H34O/c1-7-18(5)13-14-20(21-18)15(2)9-10-16-17(3,4)11-8-12-19(16,20)6/h7,15-16H,1,8-14H2,2-6H3/t15-,16+,18+,19+,20-/m1/s1. The molecule has 0 radical (unpaired) electrons. The summed E-state index contributed by atoms with van der Waals surface area (Å²) in [5, 5.41) is 0. The highest BCUT2D eigenvalue weighted by Gasteiger charge is 2.65. The van der Waals surface area contributed by atoms with Crippen LogP contribution in [0.15, 0.2) is 12.7 Å². The van der Waals surface area contributed by atoms with Gasteiger partial charge in [-0.2, -0.15) is 0 Å². The molecular weight excluding hydrogens is 256 g/mol. The Balaban J connectivity index is 2.04. The first-order valence-corrected chi connectivity index (χ1v) is 9.03. The van der Waals surface area contributed by atoms with E-state index in [4.69, 9.17) is 4.74 Å². The third-order valence-electron chi connectivity index (χ3n) is 7.72. The Hall–Kier alpha value is -0.300. The number of ether oxygens (including phenoxy) is 1. The largest absolute Gasteiger partial charge is 0.364 e. The van der Waals surface area contributed by atoms with Gasteiger partial charge >= 0.3 is 0 Å². The van der Waals surface area contributed by atoms with E-state index in [-0.39, 0.29) is 11.2 Å². The third kappa shape index (κ3) is 1.99. The van der Waals surface area contributed by atoms with Gasteiger partial charge in [0.05, 0.1) is 11.2 Å². The SMILES string of the molecule is C=C[C@@]1(C)CC[C@@]2(O1)[C@H](C)CC[C@H]1C(C)(C)CCC[C@@]12C. The van der Waals surface area contributed by atoms with Crippen LogP contribution in [0.25, 0.3) is 0 Å². The van der Waals surface area contributed by atoms with Gasteiger partial charge in [0.1, 0.15) is 0 Å². The lowest BCUT2D eigenvalue weighted by Crippen LogP contribution is -2.62. The van der Waals surface area contributed by atoms with E-state index in [9.17, 15) is 0 Å². The number of rotatable bonds is 1. The predicted molar refractivity (Wildman–Crippen MR) is 89.3 cm³/mol. The fourth-order valence-electron chi connectivity index (χ4n) is 6.40. The van der Waals surface area contributed by atoms with Crippen molar-refractivity contribution >= 4 is 0 Å². The zero-order chi connectivity index (χ0) is 15.5.